The van der Waals surface area contributed by atoms with Gasteiger partial charge < -0.3 is 10.5 Å². The van der Waals surface area contributed by atoms with Crippen LogP contribution in [0.3, 0.4) is 0 Å². The molecule has 9 nitrogen and oxygen atoms in total. The van der Waals surface area contributed by atoms with Gasteiger partial charge in [-0.3, -0.25) is 4.79 Å². The van der Waals surface area contributed by atoms with E-state index in [-0.39, 0.29) is 10.6 Å². The molecule has 10 heteroatoms. The number of hydrazine groups is 1. The van der Waals surface area contributed by atoms with E-state index >= 15 is 0 Å². The van der Waals surface area contributed by atoms with Gasteiger partial charge in [0.1, 0.15) is 0 Å². The van der Waals surface area contributed by atoms with Crippen molar-refractivity contribution in [3.05, 3.63) is 59.7 Å². The third-order valence-corrected chi connectivity index (χ3v) is 5.68. The van der Waals surface area contributed by atoms with E-state index < -0.39 is 15.9 Å². The van der Waals surface area contributed by atoms with Crippen LogP contribution >= 0.6 is 0 Å². The van der Waals surface area contributed by atoms with E-state index in [2.05, 4.69) is 21.1 Å². The zero-order valence-corrected chi connectivity index (χ0v) is 15.4. The number of rotatable bonds is 5. The van der Waals surface area contributed by atoms with E-state index in [9.17, 15) is 13.2 Å². The summed E-state index contributed by atoms with van der Waals surface area (Å²) in [6.07, 6.45) is 0. The molecule has 0 aromatic heterocycles. The van der Waals surface area contributed by atoms with Gasteiger partial charge in [0.15, 0.2) is 5.71 Å². The first kappa shape index (κ1) is 18.5. The largest absolute Gasteiger partial charge is 0.411 e. The van der Waals surface area contributed by atoms with Crippen LogP contribution in [0.15, 0.2) is 63.7 Å². The van der Waals surface area contributed by atoms with E-state index in [0.29, 0.717) is 22.5 Å². The highest BCUT2D eigenvalue weighted by atomic mass is 32.2. The Balaban J connectivity index is 1.89. The Bertz CT molecular complexity index is 1050. The number of nitrogens with zero attached hydrogens (tertiary/aromatic N) is 3. The summed E-state index contributed by atoms with van der Waals surface area (Å²) in [5.41, 5.74) is 4.38. The molecule has 1 aliphatic rings. The normalized spacial score (nSPS) is 15.7. The summed E-state index contributed by atoms with van der Waals surface area (Å²) in [6.45, 7) is 1.61. The highest BCUT2D eigenvalue weighted by Gasteiger charge is 2.28. The molecule has 0 radical (unpaired) electrons. The summed E-state index contributed by atoms with van der Waals surface area (Å²) in [5, 5.41) is 18.7. The molecule has 1 aliphatic heterocycles. The lowest BCUT2D eigenvalue weighted by molar-refractivity contribution is -0.110. The van der Waals surface area contributed by atoms with Crippen molar-refractivity contribution in [1.29, 1.82) is 0 Å². The quantitative estimate of drug-likeness (QED) is 0.406. The number of carbonyl (C=O) groups is 1. The van der Waals surface area contributed by atoms with Gasteiger partial charge in [0.2, 0.25) is 0 Å². The second-order valence-corrected chi connectivity index (χ2v) is 7.72. The second-order valence-electron chi connectivity index (χ2n) is 5.75. The molecule has 3 N–H and O–H groups in total. The Morgan fingerprint density at radius 1 is 1.19 bits per heavy atom. The zero-order valence-electron chi connectivity index (χ0n) is 14.5. The van der Waals surface area contributed by atoms with Gasteiger partial charge in [-0.05, 0) is 36.8 Å². The Morgan fingerprint density at radius 2 is 1.89 bits per heavy atom. The molecule has 0 bridgehead atoms. The first-order valence-corrected chi connectivity index (χ1v) is 9.30. The fourth-order valence-corrected chi connectivity index (χ4v) is 3.44. The number of benzene rings is 2. The highest BCUT2D eigenvalue weighted by Crippen LogP contribution is 2.25. The molecule has 2 aromatic rings. The molecular formula is C17H17N5O4S. The van der Waals surface area contributed by atoms with Crippen molar-refractivity contribution >= 4 is 33.0 Å². The average molecular weight is 387 g/mol. The number of oxime groups is 1. The van der Waals surface area contributed by atoms with Crippen molar-refractivity contribution < 1.29 is 18.4 Å². The van der Waals surface area contributed by atoms with E-state index in [1.807, 2.05) is 0 Å². The van der Waals surface area contributed by atoms with Crippen LogP contribution in [-0.4, -0.2) is 42.4 Å². The average Bonchev–Trinajstić information content (AvgIpc) is 3.00. The van der Waals surface area contributed by atoms with Crippen LogP contribution in [-0.2, 0) is 14.8 Å². The van der Waals surface area contributed by atoms with E-state index in [1.54, 1.807) is 43.3 Å². The minimum atomic E-state index is -3.82. The van der Waals surface area contributed by atoms with Crippen molar-refractivity contribution in [2.75, 3.05) is 12.4 Å². The molecule has 1 amide bonds. The number of hydrogen-bond acceptors (Lipinski definition) is 7. The van der Waals surface area contributed by atoms with Crippen LogP contribution in [0.2, 0.25) is 0 Å². The van der Waals surface area contributed by atoms with E-state index in [1.165, 1.54) is 19.2 Å². The van der Waals surface area contributed by atoms with Crippen molar-refractivity contribution in [3.8, 4) is 0 Å². The fourth-order valence-electron chi connectivity index (χ4n) is 2.47. The van der Waals surface area contributed by atoms with Crippen molar-refractivity contribution in [2.45, 2.75) is 11.8 Å². The van der Waals surface area contributed by atoms with Gasteiger partial charge in [0.05, 0.1) is 16.3 Å². The van der Waals surface area contributed by atoms with Gasteiger partial charge in [-0.1, -0.05) is 33.8 Å². The topological polar surface area (TPSA) is 123 Å². The third kappa shape index (κ3) is 3.52. The van der Waals surface area contributed by atoms with Crippen molar-refractivity contribution in [3.63, 3.8) is 0 Å². The van der Waals surface area contributed by atoms with Gasteiger partial charge in [0, 0.05) is 12.6 Å². The maximum absolute atomic E-state index is 12.5. The van der Waals surface area contributed by atoms with Crippen LogP contribution in [0.5, 0.6) is 0 Å². The van der Waals surface area contributed by atoms with Crippen LogP contribution in [0.1, 0.15) is 18.1 Å². The first-order chi connectivity index (χ1) is 12.8. The first-order valence-electron chi connectivity index (χ1n) is 7.86. The van der Waals surface area contributed by atoms with Gasteiger partial charge in [-0.2, -0.15) is 5.10 Å². The van der Waals surface area contributed by atoms with Crippen LogP contribution in [0.4, 0.5) is 5.69 Å². The standard InChI is InChI=1S/C17H17N5O4S/c1-11(20-24)12-8-9-15-14(10-12)16(17(23)18-15)19-21-22(2)27(25,26)13-6-4-3-5-7-13/h3-10,21,24H,1-2H3,(H,18,19,23). The lowest BCUT2D eigenvalue weighted by Gasteiger charge is -2.16. The number of nitrogens with one attached hydrogen (secondary N) is 2. The fraction of sp³-hybridized carbons (Fsp3) is 0.118. The molecule has 0 unspecified atom stereocenters. The molecular weight excluding hydrogens is 370 g/mol. The lowest BCUT2D eigenvalue weighted by atomic mass is 10.0. The predicted octanol–water partition coefficient (Wildman–Crippen LogP) is 1.37. The molecule has 27 heavy (non-hydrogen) atoms. The molecule has 0 saturated heterocycles. The van der Waals surface area contributed by atoms with Crippen LogP contribution < -0.4 is 10.9 Å². The van der Waals surface area contributed by atoms with Gasteiger partial charge >= 0.3 is 0 Å². The minimum absolute atomic E-state index is 0.0210. The summed E-state index contributed by atoms with van der Waals surface area (Å²) < 4.78 is 25.8. The maximum Gasteiger partial charge on any atom is 0.276 e. The summed E-state index contributed by atoms with van der Waals surface area (Å²) in [7, 11) is -2.53. The summed E-state index contributed by atoms with van der Waals surface area (Å²) in [4.78, 5) is 12.3. The van der Waals surface area contributed by atoms with Crippen molar-refractivity contribution in [2.24, 2.45) is 10.3 Å². The number of fused-ring (bicyclic) bond motifs is 1. The van der Waals surface area contributed by atoms with Crippen LogP contribution in [0.25, 0.3) is 0 Å². The number of anilines is 1. The highest BCUT2D eigenvalue weighted by molar-refractivity contribution is 7.89. The van der Waals surface area contributed by atoms with Crippen LogP contribution in [0, 0.1) is 0 Å². The smallest absolute Gasteiger partial charge is 0.276 e. The molecule has 3 rings (SSSR count). The van der Waals surface area contributed by atoms with Gasteiger partial charge in [0.25, 0.3) is 15.9 Å². The number of hydrazone groups is 1. The Labute approximate surface area is 156 Å². The summed E-state index contributed by atoms with van der Waals surface area (Å²) >= 11 is 0. The molecule has 0 atom stereocenters. The summed E-state index contributed by atoms with van der Waals surface area (Å²) in [5.74, 6) is -0.473. The predicted molar refractivity (Wildman–Crippen MR) is 100 cm³/mol. The van der Waals surface area contributed by atoms with Gasteiger partial charge in [-0.25, -0.2) is 14.0 Å². The molecule has 0 saturated carbocycles. The van der Waals surface area contributed by atoms with E-state index in [4.69, 9.17) is 5.21 Å². The Kier molecular flexibility index (Phi) is 4.93. The molecule has 140 valence electrons. The SMILES string of the molecule is CC(=NO)c1ccc2c(c1)C(=NNN(C)S(=O)(=O)c1ccccc1)C(=O)N2. The number of carbonyl (C=O) groups excluding carboxylic acids is 1. The lowest BCUT2D eigenvalue weighted by Crippen LogP contribution is -2.37. The zero-order chi connectivity index (χ0) is 19.6. The second kappa shape index (κ2) is 7.17. The van der Waals surface area contributed by atoms with Crippen molar-refractivity contribution in [1.82, 2.24) is 9.95 Å². The minimum Gasteiger partial charge on any atom is -0.411 e. The molecule has 2 aromatic carbocycles. The number of amides is 1. The molecule has 0 spiro atoms. The Morgan fingerprint density at radius 3 is 2.56 bits per heavy atom. The molecule has 1 heterocycles. The Hall–Kier alpha value is -3.24. The monoisotopic (exact) mass is 387 g/mol. The number of sulfonamides is 1. The third-order valence-electron chi connectivity index (χ3n) is 4.01. The van der Waals surface area contributed by atoms with Gasteiger partial charge in [-0.15, -0.1) is 0 Å². The molecule has 0 aliphatic carbocycles. The molecule has 0 fully saturated rings. The number of hydrogen-bond donors (Lipinski definition) is 3. The maximum atomic E-state index is 12.5. The summed E-state index contributed by atoms with van der Waals surface area (Å²) in [6, 6.07) is 12.8. The van der Waals surface area contributed by atoms with E-state index in [0.717, 1.165) is 4.41 Å².